The zero-order chi connectivity index (χ0) is 20.1. The summed E-state index contributed by atoms with van der Waals surface area (Å²) in [6.07, 6.45) is 3.97. The quantitative estimate of drug-likeness (QED) is 0.365. The number of aromatic nitrogens is 1. The minimum atomic E-state index is 0.735. The lowest BCUT2D eigenvalue weighted by atomic mass is 10.3. The minimum absolute atomic E-state index is 0.735. The Morgan fingerprint density at radius 1 is 0.793 bits per heavy atom. The monoisotopic (exact) mass is 382 g/mol. The molecule has 0 aliphatic heterocycles. The third-order valence-corrected chi connectivity index (χ3v) is 4.54. The molecule has 4 heteroatoms. The molecule has 0 aliphatic carbocycles. The summed E-state index contributed by atoms with van der Waals surface area (Å²) in [5.41, 5.74) is 4.24. The highest BCUT2D eigenvalue weighted by Gasteiger charge is 2.03. The molecule has 0 saturated heterocycles. The molecule has 0 atom stereocenters. The third-order valence-electron chi connectivity index (χ3n) is 4.54. The van der Waals surface area contributed by atoms with Gasteiger partial charge in [0.05, 0.1) is 12.8 Å². The Kier molecular flexibility index (Phi) is 5.43. The van der Waals surface area contributed by atoms with Crippen molar-refractivity contribution in [2.75, 3.05) is 7.11 Å². The maximum Gasteiger partial charge on any atom is 0.131 e. The van der Waals surface area contributed by atoms with Crippen molar-refractivity contribution in [2.45, 2.75) is 6.92 Å². The van der Waals surface area contributed by atoms with Crippen molar-refractivity contribution in [3.63, 3.8) is 0 Å². The van der Waals surface area contributed by atoms with E-state index in [1.165, 1.54) is 5.69 Å². The number of aliphatic imine (C=N–C) groups is 1. The van der Waals surface area contributed by atoms with Crippen LogP contribution in [-0.2, 0) is 0 Å². The lowest BCUT2D eigenvalue weighted by molar-refractivity contribution is 0.409. The summed E-state index contributed by atoms with van der Waals surface area (Å²) in [7, 11) is 1.64. The van der Waals surface area contributed by atoms with Crippen molar-refractivity contribution in [1.29, 1.82) is 0 Å². The highest BCUT2D eigenvalue weighted by atomic mass is 16.5. The van der Waals surface area contributed by atoms with Crippen LogP contribution in [0.4, 0.5) is 5.69 Å². The van der Waals surface area contributed by atoms with E-state index < -0.39 is 0 Å². The molecule has 0 fully saturated rings. The summed E-state index contributed by atoms with van der Waals surface area (Å²) in [5, 5.41) is 0. The fourth-order valence-corrected chi connectivity index (χ4v) is 3.09. The van der Waals surface area contributed by atoms with E-state index in [1.54, 1.807) is 7.11 Å². The Morgan fingerprint density at radius 2 is 1.55 bits per heavy atom. The van der Waals surface area contributed by atoms with Crippen LogP contribution in [0.15, 0.2) is 96.1 Å². The van der Waals surface area contributed by atoms with Crippen LogP contribution in [0.3, 0.4) is 0 Å². The smallest absolute Gasteiger partial charge is 0.131 e. The fraction of sp³-hybridized carbons (Fsp3) is 0.0800. The van der Waals surface area contributed by atoms with Gasteiger partial charge in [0, 0.05) is 35.4 Å². The predicted octanol–water partition coefficient (Wildman–Crippen LogP) is 6.34. The number of ether oxygens (including phenoxy) is 2. The normalized spacial score (nSPS) is 11.0. The first-order valence-corrected chi connectivity index (χ1v) is 9.42. The van der Waals surface area contributed by atoms with E-state index in [1.807, 2.05) is 72.9 Å². The number of rotatable bonds is 6. The van der Waals surface area contributed by atoms with Gasteiger partial charge in [0.25, 0.3) is 0 Å². The van der Waals surface area contributed by atoms with E-state index in [0.29, 0.717) is 0 Å². The number of methoxy groups -OCH3 is 1. The van der Waals surface area contributed by atoms with Gasteiger partial charge in [-0.3, -0.25) is 4.99 Å². The molecule has 0 N–H and O–H groups in total. The van der Waals surface area contributed by atoms with Gasteiger partial charge in [-0.15, -0.1) is 0 Å². The number of benzene rings is 3. The van der Waals surface area contributed by atoms with Gasteiger partial charge in [-0.1, -0.05) is 24.3 Å². The lowest BCUT2D eigenvalue weighted by Gasteiger charge is -2.07. The molecule has 0 aliphatic rings. The van der Waals surface area contributed by atoms with Crippen molar-refractivity contribution in [2.24, 2.45) is 4.99 Å². The second-order valence-corrected chi connectivity index (χ2v) is 6.65. The SMILES string of the molecule is COc1cccc(Oc2ccc(N=Cc3cc(C)n(-c4ccccc4)c3)cc2)c1. The molecule has 4 rings (SSSR count). The minimum Gasteiger partial charge on any atom is -0.497 e. The molecule has 1 aromatic heterocycles. The Balaban J connectivity index is 1.45. The molecule has 1 heterocycles. The molecule has 0 unspecified atom stereocenters. The molecular weight excluding hydrogens is 360 g/mol. The van der Waals surface area contributed by atoms with Crippen molar-refractivity contribution in [3.8, 4) is 22.9 Å². The zero-order valence-electron chi connectivity index (χ0n) is 16.4. The molecule has 0 radical (unpaired) electrons. The standard InChI is InChI=1S/C25H22N2O2/c1-19-15-20(18-27(19)22-7-4-3-5-8-22)17-26-21-11-13-23(14-12-21)29-25-10-6-9-24(16-25)28-2/h3-18H,1-2H3. The van der Waals surface area contributed by atoms with Crippen molar-refractivity contribution >= 4 is 11.9 Å². The van der Waals surface area contributed by atoms with E-state index in [9.17, 15) is 0 Å². The average Bonchev–Trinajstić information content (AvgIpc) is 3.14. The summed E-state index contributed by atoms with van der Waals surface area (Å²) in [6.45, 7) is 2.09. The van der Waals surface area contributed by atoms with Crippen LogP contribution in [0, 0.1) is 6.92 Å². The van der Waals surface area contributed by atoms with E-state index in [0.717, 1.165) is 34.2 Å². The van der Waals surface area contributed by atoms with Crippen LogP contribution in [-0.4, -0.2) is 17.9 Å². The Labute approximate surface area is 170 Å². The second kappa shape index (κ2) is 8.48. The first kappa shape index (κ1) is 18.6. The van der Waals surface area contributed by atoms with Crippen molar-refractivity contribution < 1.29 is 9.47 Å². The first-order valence-electron chi connectivity index (χ1n) is 9.42. The molecule has 4 nitrogen and oxygen atoms in total. The molecule has 4 aromatic rings. The fourth-order valence-electron chi connectivity index (χ4n) is 3.09. The van der Waals surface area contributed by atoms with Crippen LogP contribution in [0.2, 0.25) is 0 Å². The average molecular weight is 382 g/mol. The van der Waals surface area contributed by atoms with Crippen molar-refractivity contribution in [1.82, 2.24) is 4.57 Å². The number of nitrogens with zero attached hydrogens (tertiary/aromatic N) is 2. The predicted molar refractivity (Wildman–Crippen MR) is 117 cm³/mol. The maximum atomic E-state index is 5.87. The number of para-hydroxylation sites is 1. The van der Waals surface area contributed by atoms with Gasteiger partial charge in [-0.05, 0) is 61.5 Å². The number of hydrogen-bond acceptors (Lipinski definition) is 3. The molecule has 3 aromatic carbocycles. The zero-order valence-corrected chi connectivity index (χ0v) is 16.4. The molecule has 144 valence electrons. The van der Waals surface area contributed by atoms with Gasteiger partial charge in [-0.2, -0.15) is 0 Å². The van der Waals surface area contributed by atoms with E-state index >= 15 is 0 Å². The van der Waals surface area contributed by atoms with Gasteiger partial charge < -0.3 is 14.0 Å². The summed E-state index contributed by atoms with van der Waals surface area (Å²) >= 11 is 0. The highest BCUT2D eigenvalue weighted by Crippen LogP contribution is 2.26. The Morgan fingerprint density at radius 3 is 2.31 bits per heavy atom. The first-order chi connectivity index (χ1) is 14.2. The van der Waals surface area contributed by atoms with E-state index in [-0.39, 0.29) is 0 Å². The Hall–Kier alpha value is -3.79. The largest absolute Gasteiger partial charge is 0.497 e. The summed E-state index contributed by atoms with van der Waals surface area (Å²) in [5.74, 6) is 2.25. The molecule has 0 saturated carbocycles. The maximum absolute atomic E-state index is 5.87. The second-order valence-electron chi connectivity index (χ2n) is 6.65. The van der Waals surface area contributed by atoms with E-state index in [4.69, 9.17) is 9.47 Å². The van der Waals surface area contributed by atoms with Gasteiger partial charge in [-0.25, -0.2) is 0 Å². The van der Waals surface area contributed by atoms with Gasteiger partial charge in [0.15, 0.2) is 0 Å². The van der Waals surface area contributed by atoms with Gasteiger partial charge >= 0.3 is 0 Å². The van der Waals surface area contributed by atoms with Gasteiger partial charge in [0.1, 0.15) is 17.2 Å². The van der Waals surface area contributed by atoms with Crippen LogP contribution in [0.25, 0.3) is 5.69 Å². The van der Waals surface area contributed by atoms with E-state index in [2.05, 4.69) is 40.9 Å². The third kappa shape index (κ3) is 4.55. The number of aryl methyl sites for hydroxylation is 1. The molecule has 0 spiro atoms. The molecule has 29 heavy (non-hydrogen) atoms. The summed E-state index contributed by atoms with van der Waals surface area (Å²) in [6, 6.07) is 27.6. The van der Waals surface area contributed by atoms with Crippen LogP contribution >= 0.6 is 0 Å². The van der Waals surface area contributed by atoms with Crippen LogP contribution < -0.4 is 9.47 Å². The summed E-state index contributed by atoms with van der Waals surface area (Å²) in [4.78, 5) is 4.59. The van der Waals surface area contributed by atoms with Crippen LogP contribution in [0.1, 0.15) is 11.3 Å². The Bertz CT molecular complexity index is 1110. The van der Waals surface area contributed by atoms with Crippen LogP contribution in [0.5, 0.6) is 17.2 Å². The molecule has 0 bridgehead atoms. The molecule has 0 amide bonds. The lowest BCUT2D eigenvalue weighted by Crippen LogP contribution is -1.93. The highest BCUT2D eigenvalue weighted by molar-refractivity contribution is 5.82. The number of hydrogen-bond donors (Lipinski definition) is 0. The summed E-state index contributed by atoms with van der Waals surface area (Å²) < 4.78 is 13.3. The topological polar surface area (TPSA) is 35.8 Å². The van der Waals surface area contributed by atoms with Crippen molar-refractivity contribution in [3.05, 3.63) is 102 Å². The van der Waals surface area contributed by atoms with Gasteiger partial charge in [0.2, 0.25) is 0 Å². The molecular formula is C25H22N2O2.